The molecule has 1 saturated heterocycles. The van der Waals surface area contributed by atoms with Crippen LogP contribution in [0.3, 0.4) is 0 Å². The number of hydrogen-bond donors (Lipinski definition) is 1. The zero-order chi connectivity index (χ0) is 18.1. The van der Waals surface area contributed by atoms with Crippen LogP contribution in [0.2, 0.25) is 0 Å². The Labute approximate surface area is 150 Å². The maximum Gasteiger partial charge on any atom is 0.237 e. The number of carbonyl (C=O) groups excluding carboxylic acids is 1. The van der Waals surface area contributed by atoms with Crippen LogP contribution in [-0.2, 0) is 22.5 Å². The van der Waals surface area contributed by atoms with Gasteiger partial charge in [0.15, 0.2) is 0 Å². The van der Waals surface area contributed by atoms with E-state index in [1.807, 2.05) is 6.92 Å². The fourth-order valence-electron chi connectivity index (χ4n) is 4.33. The largest absolute Gasteiger partial charge is 0.373 e. The predicted molar refractivity (Wildman–Crippen MR) is 97.4 cm³/mol. The molecule has 2 aliphatic heterocycles. The lowest BCUT2D eigenvalue weighted by atomic mass is 9.98. The van der Waals surface area contributed by atoms with Gasteiger partial charge in [-0.05, 0) is 33.1 Å². The SMILES string of the molecule is Cc1cn2c(n1)CCC(NC(=O)C(C(C)C)N1CC(C)OC(C)C1)C2. The Morgan fingerprint density at radius 3 is 2.60 bits per heavy atom. The molecule has 3 rings (SSSR count). The highest BCUT2D eigenvalue weighted by atomic mass is 16.5. The number of morpholine rings is 1. The van der Waals surface area contributed by atoms with Crippen molar-refractivity contribution in [1.82, 2.24) is 19.8 Å². The summed E-state index contributed by atoms with van der Waals surface area (Å²) in [6, 6.07) is 0.0884. The van der Waals surface area contributed by atoms with Crippen LogP contribution in [0.1, 0.15) is 45.6 Å². The van der Waals surface area contributed by atoms with E-state index in [2.05, 4.69) is 53.7 Å². The quantitative estimate of drug-likeness (QED) is 0.901. The first-order chi connectivity index (χ1) is 11.8. The molecule has 0 aromatic carbocycles. The van der Waals surface area contributed by atoms with Crippen molar-refractivity contribution in [2.75, 3.05) is 13.1 Å². The lowest BCUT2D eigenvalue weighted by Crippen LogP contribution is -2.58. The molecule has 6 heteroatoms. The summed E-state index contributed by atoms with van der Waals surface area (Å²) in [5.41, 5.74) is 1.05. The van der Waals surface area contributed by atoms with Crippen molar-refractivity contribution in [3.05, 3.63) is 17.7 Å². The minimum Gasteiger partial charge on any atom is -0.373 e. The molecule has 0 radical (unpaired) electrons. The average Bonchev–Trinajstić information content (AvgIpc) is 2.85. The van der Waals surface area contributed by atoms with Gasteiger partial charge in [-0.1, -0.05) is 13.8 Å². The number of nitrogens with zero attached hydrogens (tertiary/aromatic N) is 3. The third-order valence-electron chi connectivity index (χ3n) is 5.20. The molecule has 1 aromatic rings. The number of amides is 1. The van der Waals surface area contributed by atoms with Crippen LogP contribution >= 0.6 is 0 Å². The summed E-state index contributed by atoms with van der Waals surface area (Å²) in [4.78, 5) is 19.9. The molecule has 1 N–H and O–H groups in total. The minimum atomic E-state index is -0.0975. The molecule has 0 bridgehead atoms. The van der Waals surface area contributed by atoms with Gasteiger partial charge in [0.1, 0.15) is 5.82 Å². The second-order valence-electron chi connectivity index (χ2n) is 8.10. The van der Waals surface area contributed by atoms with Crippen molar-refractivity contribution < 1.29 is 9.53 Å². The molecule has 140 valence electrons. The number of carbonyl (C=O) groups is 1. The number of aryl methyl sites for hydroxylation is 2. The number of nitrogens with one attached hydrogen (secondary N) is 1. The van der Waals surface area contributed by atoms with Crippen LogP contribution in [0.15, 0.2) is 6.20 Å². The van der Waals surface area contributed by atoms with E-state index < -0.39 is 0 Å². The average molecular weight is 348 g/mol. The van der Waals surface area contributed by atoms with Crippen LogP contribution in [-0.4, -0.2) is 57.7 Å². The van der Waals surface area contributed by atoms with Gasteiger partial charge in [-0.2, -0.15) is 0 Å². The van der Waals surface area contributed by atoms with Crippen molar-refractivity contribution >= 4 is 5.91 Å². The van der Waals surface area contributed by atoms with E-state index in [-0.39, 0.29) is 36.1 Å². The number of hydrogen-bond acceptors (Lipinski definition) is 4. The third kappa shape index (κ3) is 4.23. The normalized spacial score (nSPS) is 28.6. The standard InChI is InChI=1S/C19H32N4O2/c1-12(2)18(23-9-14(4)25-15(5)10-23)19(24)21-16-6-7-17-20-13(3)8-22(17)11-16/h8,12,14-16,18H,6-7,9-11H2,1-5H3,(H,21,24). The smallest absolute Gasteiger partial charge is 0.237 e. The van der Waals surface area contributed by atoms with E-state index >= 15 is 0 Å². The summed E-state index contributed by atoms with van der Waals surface area (Å²) < 4.78 is 8.02. The van der Waals surface area contributed by atoms with Crippen LogP contribution in [0.5, 0.6) is 0 Å². The maximum atomic E-state index is 13.1. The topological polar surface area (TPSA) is 59.4 Å². The van der Waals surface area contributed by atoms with Gasteiger partial charge in [0.05, 0.1) is 23.9 Å². The summed E-state index contributed by atoms with van der Waals surface area (Å²) in [5.74, 6) is 1.56. The lowest BCUT2D eigenvalue weighted by molar-refractivity contribution is -0.136. The van der Waals surface area contributed by atoms with E-state index in [4.69, 9.17) is 4.74 Å². The fraction of sp³-hybridized carbons (Fsp3) is 0.789. The van der Waals surface area contributed by atoms with Crippen LogP contribution in [0, 0.1) is 12.8 Å². The Bertz CT molecular complexity index is 603. The first kappa shape index (κ1) is 18.4. The summed E-state index contributed by atoms with van der Waals surface area (Å²) in [7, 11) is 0. The van der Waals surface area contributed by atoms with Gasteiger partial charge in [0, 0.05) is 38.3 Å². The highest BCUT2D eigenvalue weighted by Gasteiger charge is 2.35. The van der Waals surface area contributed by atoms with Gasteiger partial charge in [-0.3, -0.25) is 9.69 Å². The van der Waals surface area contributed by atoms with Crippen molar-refractivity contribution in [2.24, 2.45) is 5.92 Å². The molecule has 6 nitrogen and oxygen atoms in total. The molecule has 0 saturated carbocycles. The minimum absolute atomic E-state index is 0.0975. The first-order valence-electron chi connectivity index (χ1n) is 9.56. The summed E-state index contributed by atoms with van der Waals surface area (Å²) in [6.45, 7) is 12.9. The van der Waals surface area contributed by atoms with Gasteiger partial charge in [0.2, 0.25) is 5.91 Å². The zero-order valence-corrected chi connectivity index (χ0v) is 16.2. The van der Waals surface area contributed by atoms with Gasteiger partial charge in [-0.25, -0.2) is 4.98 Å². The van der Waals surface area contributed by atoms with Crippen LogP contribution in [0.4, 0.5) is 0 Å². The summed E-state index contributed by atoms with van der Waals surface area (Å²) in [5, 5.41) is 3.31. The molecule has 0 aliphatic carbocycles. The van der Waals surface area contributed by atoms with Crippen molar-refractivity contribution in [3.8, 4) is 0 Å². The van der Waals surface area contributed by atoms with Crippen LogP contribution < -0.4 is 5.32 Å². The first-order valence-corrected chi connectivity index (χ1v) is 9.56. The number of fused-ring (bicyclic) bond motifs is 1. The number of ether oxygens (including phenoxy) is 1. The molecule has 4 unspecified atom stereocenters. The molecule has 25 heavy (non-hydrogen) atoms. The summed E-state index contributed by atoms with van der Waals surface area (Å²) in [6.07, 6.45) is 4.31. The fourth-order valence-corrected chi connectivity index (χ4v) is 4.33. The van der Waals surface area contributed by atoms with E-state index in [9.17, 15) is 4.79 Å². The Morgan fingerprint density at radius 2 is 1.96 bits per heavy atom. The van der Waals surface area contributed by atoms with Crippen molar-refractivity contribution in [1.29, 1.82) is 0 Å². The second kappa shape index (κ2) is 7.46. The Hall–Kier alpha value is -1.40. The highest BCUT2D eigenvalue weighted by molar-refractivity contribution is 5.82. The second-order valence-corrected chi connectivity index (χ2v) is 8.10. The van der Waals surface area contributed by atoms with E-state index in [0.717, 1.165) is 44.0 Å². The molecular weight excluding hydrogens is 316 g/mol. The van der Waals surface area contributed by atoms with Crippen molar-refractivity contribution in [3.63, 3.8) is 0 Å². The molecule has 2 aliphatic rings. The molecule has 1 fully saturated rings. The molecule has 0 spiro atoms. The zero-order valence-electron chi connectivity index (χ0n) is 16.2. The Kier molecular flexibility index (Phi) is 5.49. The molecule has 3 heterocycles. The Balaban J connectivity index is 1.65. The maximum absolute atomic E-state index is 13.1. The molecule has 1 aromatic heterocycles. The monoisotopic (exact) mass is 348 g/mol. The van der Waals surface area contributed by atoms with Crippen LogP contribution in [0.25, 0.3) is 0 Å². The van der Waals surface area contributed by atoms with E-state index in [1.54, 1.807) is 0 Å². The van der Waals surface area contributed by atoms with Gasteiger partial charge < -0.3 is 14.6 Å². The number of rotatable bonds is 4. The van der Waals surface area contributed by atoms with Crippen molar-refractivity contribution in [2.45, 2.75) is 78.3 Å². The lowest BCUT2D eigenvalue weighted by Gasteiger charge is -2.41. The molecule has 1 amide bonds. The van der Waals surface area contributed by atoms with Gasteiger partial charge in [-0.15, -0.1) is 0 Å². The number of aromatic nitrogens is 2. The predicted octanol–water partition coefficient (Wildman–Crippen LogP) is 1.76. The highest BCUT2D eigenvalue weighted by Crippen LogP contribution is 2.20. The molecule has 4 atom stereocenters. The third-order valence-corrected chi connectivity index (χ3v) is 5.20. The van der Waals surface area contributed by atoms with E-state index in [0.29, 0.717) is 0 Å². The van der Waals surface area contributed by atoms with Gasteiger partial charge >= 0.3 is 0 Å². The van der Waals surface area contributed by atoms with Gasteiger partial charge in [0.25, 0.3) is 0 Å². The Morgan fingerprint density at radius 1 is 1.28 bits per heavy atom. The molecular formula is C19H32N4O2. The summed E-state index contributed by atoms with van der Waals surface area (Å²) >= 11 is 0. The number of imidazole rings is 1. The van der Waals surface area contributed by atoms with E-state index in [1.165, 1.54) is 0 Å².